The van der Waals surface area contributed by atoms with Crippen LogP contribution in [0, 0.1) is 0 Å². The SMILES string of the molecule is O=C(NOCCc1ccccc1)c1ccccc1. The second-order valence-corrected chi connectivity index (χ2v) is 3.88. The Kier molecular flexibility index (Phi) is 4.50. The second-order valence-electron chi connectivity index (χ2n) is 3.88. The maximum atomic E-state index is 11.6. The third-order valence-electron chi connectivity index (χ3n) is 2.54. The summed E-state index contributed by atoms with van der Waals surface area (Å²) in [4.78, 5) is 16.8. The van der Waals surface area contributed by atoms with Crippen molar-refractivity contribution in [3.63, 3.8) is 0 Å². The minimum Gasteiger partial charge on any atom is -0.273 e. The van der Waals surface area contributed by atoms with Gasteiger partial charge in [0.25, 0.3) is 5.91 Å². The molecule has 0 bridgehead atoms. The lowest BCUT2D eigenvalue weighted by Gasteiger charge is -2.05. The van der Waals surface area contributed by atoms with Crippen molar-refractivity contribution >= 4 is 5.91 Å². The van der Waals surface area contributed by atoms with Crippen LogP contribution in [0.2, 0.25) is 0 Å². The van der Waals surface area contributed by atoms with Gasteiger partial charge in [0, 0.05) is 5.56 Å². The number of hydrogen-bond donors (Lipinski definition) is 1. The molecule has 0 spiro atoms. The van der Waals surface area contributed by atoms with E-state index >= 15 is 0 Å². The molecule has 3 nitrogen and oxygen atoms in total. The van der Waals surface area contributed by atoms with Gasteiger partial charge in [-0.2, -0.15) is 0 Å². The molecule has 2 rings (SSSR count). The first-order chi connectivity index (χ1) is 8.86. The van der Waals surface area contributed by atoms with Crippen LogP contribution in [0.4, 0.5) is 0 Å². The molecule has 18 heavy (non-hydrogen) atoms. The first kappa shape index (κ1) is 12.3. The fourth-order valence-electron chi connectivity index (χ4n) is 1.58. The largest absolute Gasteiger partial charge is 0.274 e. The number of amides is 1. The van der Waals surface area contributed by atoms with E-state index in [0.717, 1.165) is 6.42 Å². The molecule has 0 fully saturated rings. The topological polar surface area (TPSA) is 38.3 Å². The van der Waals surface area contributed by atoms with E-state index < -0.39 is 0 Å². The Morgan fingerprint density at radius 3 is 2.22 bits per heavy atom. The predicted molar refractivity (Wildman–Crippen MR) is 70.0 cm³/mol. The molecule has 0 saturated carbocycles. The molecular formula is C15H15NO2. The van der Waals surface area contributed by atoms with Gasteiger partial charge < -0.3 is 0 Å². The quantitative estimate of drug-likeness (QED) is 0.645. The van der Waals surface area contributed by atoms with Gasteiger partial charge in [0.15, 0.2) is 0 Å². The molecule has 0 radical (unpaired) electrons. The zero-order valence-corrected chi connectivity index (χ0v) is 10.0. The van der Waals surface area contributed by atoms with E-state index in [9.17, 15) is 4.79 Å². The Labute approximate surface area is 106 Å². The van der Waals surface area contributed by atoms with E-state index in [4.69, 9.17) is 4.84 Å². The van der Waals surface area contributed by atoms with Crippen molar-refractivity contribution in [2.75, 3.05) is 6.61 Å². The molecule has 0 heterocycles. The summed E-state index contributed by atoms with van der Waals surface area (Å²) in [5, 5.41) is 0. The number of nitrogens with one attached hydrogen (secondary N) is 1. The molecule has 1 amide bonds. The van der Waals surface area contributed by atoms with Crippen molar-refractivity contribution < 1.29 is 9.63 Å². The van der Waals surface area contributed by atoms with E-state index in [1.165, 1.54) is 5.56 Å². The van der Waals surface area contributed by atoms with Gasteiger partial charge in [-0.3, -0.25) is 9.63 Å². The molecule has 0 aliphatic rings. The highest BCUT2D eigenvalue weighted by Crippen LogP contribution is 2.00. The lowest BCUT2D eigenvalue weighted by atomic mass is 10.2. The summed E-state index contributed by atoms with van der Waals surface area (Å²) in [5.74, 6) is -0.219. The zero-order chi connectivity index (χ0) is 12.6. The van der Waals surface area contributed by atoms with E-state index in [0.29, 0.717) is 12.2 Å². The van der Waals surface area contributed by atoms with Crippen molar-refractivity contribution in [3.05, 3.63) is 71.8 Å². The third-order valence-corrected chi connectivity index (χ3v) is 2.54. The van der Waals surface area contributed by atoms with E-state index in [-0.39, 0.29) is 5.91 Å². The summed E-state index contributed by atoms with van der Waals surface area (Å²) in [7, 11) is 0. The van der Waals surface area contributed by atoms with Crippen molar-refractivity contribution in [2.45, 2.75) is 6.42 Å². The van der Waals surface area contributed by atoms with Gasteiger partial charge in [-0.1, -0.05) is 48.5 Å². The molecule has 1 N–H and O–H groups in total. The van der Waals surface area contributed by atoms with Gasteiger partial charge in [-0.05, 0) is 24.1 Å². The summed E-state index contributed by atoms with van der Waals surface area (Å²) in [5.41, 5.74) is 4.21. The maximum absolute atomic E-state index is 11.6. The molecule has 2 aromatic carbocycles. The monoisotopic (exact) mass is 241 g/mol. The average Bonchev–Trinajstić information content (AvgIpc) is 2.45. The standard InChI is InChI=1S/C15H15NO2/c17-15(14-9-5-2-6-10-14)16-18-12-11-13-7-3-1-4-8-13/h1-10H,11-12H2,(H,16,17). The van der Waals surface area contributed by atoms with Crippen molar-refractivity contribution in [3.8, 4) is 0 Å². The highest BCUT2D eigenvalue weighted by Gasteiger charge is 2.03. The van der Waals surface area contributed by atoms with Crippen LogP contribution in [-0.2, 0) is 11.3 Å². The number of hydroxylamine groups is 1. The normalized spacial score (nSPS) is 10.0. The van der Waals surface area contributed by atoms with Gasteiger partial charge >= 0.3 is 0 Å². The van der Waals surface area contributed by atoms with Crippen LogP contribution in [0.5, 0.6) is 0 Å². The Balaban J connectivity index is 1.72. The first-order valence-corrected chi connectivity index (χ1v) is 5.87. The summed E-state index contributed by atoms with van der Waals surface area (Å²) in [6.45, 7) is 0.461. The summed E-state index contributed by atoms with van der Waals surface area (Å²) >= 11 is 0. The lowest BCUT2D eigenvalue weighted by Crippen LogP contribution is -2.24. The smallest absolute Gasteiger partial charge is 0.273 e. The molecule has 0 atom stereocenters. The Bertz CT molecular complexity index is 482. The van der Waals surface area contributed by atoms with E-state index in [2.05, 4.69) is 5.48 Å². The molecule has 0 saturated heterocycles. The average molecular weight is 241 g/mol. The van der Waals surface area contributed by atoms with Crippen LogP contribution in [0.1, 0.15) is 15.9 Å². The number of rotatable bonds is 5. The van der Waals surface area contributed by atoms with Crippen LogP contribution in [0.25, 0.3) is 0 Å². The molecule has 3 heteroatoms. The fraction of sp³-hybridized carbons (Fsp3) is 0.133. The van der Waals surface area contributed by atoms with Gasteiger partial charge in [0.1, 0.15) is 0 Å². The summed E-state index contributed by atoms with van der Waals surface area (Å²) in [6.07, 6.45) is 0.774. The van der Waals surface area contributed by atoms with Crippen LogP contribution >= 0.6 is 0 Å². The van der Waals surface area contributed by atoms with Crippen LogP contribution in [0.15, 0.2) is 60.7 Å². The van der Waals surface area contributed by atoms with Gasteiger partial charge in [0.05, 0.1) is 6.61 Å². The highest BCUT2D eigenvalue weighted by atomic mass is 16.6. The molecule has 0 aromatic heterocycles. The van der Waals surface area contributed by atoms with E-state index in [1.54, 1.807) is 12.1 Å². The maximum Gasteiger partial charge on any atom is 0.274 e. The molecule has 0 aliphatic heterocycles. The zero-order valence-electron chi connectivity index (χ0n) is 10.0. The summed E-state index contributed by atoms with van der Waals surface area (Å²) < 4.78 is 0. The van der Waals surface area contributed by atoms with Crippen molar-refractivity contribution in [1.29, 1.82) is 0 Å². The molecule has 0 unspecified atom stereocenters. The minimum atomic E-state index is -0.219. The Hall–Kier alpha value is -2.13. The number of carbonyl (C=O) groups is 1. The minimum absolute atomic E-state index is 0.219. The molecule has 2 aromatic rings. The predicted octanol–water partition coefficient (Wildman–Crippen LogP) is 2.59. The first-order valence-electron chi connectivity index (χ1n) is 5.87. The highest BCUT2D eigenvalue weighted by molar-refractivity contribution is 5.93. The van der Waals surface area contributed by atoms with Gasteiger partial charge in [-0.25, -0.2) is 5.48 Å². The van der Waals surface area contributed by atoms with Crippen LogP contribution in [0.3, 0.4) is 0 Å². The van der Waals surface area contributed by atoms with Crippen molar-refractivity contribution in [2.24, 2.45) is 0 Å². The molecule has 92 valence electrons. The number of hydrogen-bond acceptors (Lipinski definition) is 2. The van der Waals surface area contributed by atoms with Crippen LogP contribution < -0.4 is 5.48 Å². The van der Waals surface area contributed by atoms with E-state index in [1.807, 2.05) is 48.5 Å². The van der Waals surface area contributed by atoms with Gasteiger partial charge in [-0.15, -0.1) is 0 Å². The van der Waals surface area contributed by atoms with Crippen molar-refractivity contribution in [1.82, 2.24) is 5.48 Å². The molecular weight excluding hydrogens is 226 g/mol. The second kappa shape index (κ2) is 6.57. The fourth-order valence-corrected chi connectivity index (χ4v) is 1.58. The number of benzene rings is 2. The Morgan fingerprint density at radius 2 is 1.56 bits per heavy atom. The molecule has 0 aliphatic carbocycles. The number of carbonyl (C=O) groups excluding carboxylic acids is 1. The van der Waals surface area contributed by atoms with Gasteiger partial charge in [0.2, 0.25) is 0 Å². The summed E-state index contributed by atoms with van der Waals surface area (Å²) in [6, 6.07) is 19.0. The lowest BCUT2D eigenvalue weighted by molar-refractivity contribution is 0.0324. The third kappa shape index (κ3) is 3.71. The van der Waals surface area contributed by atoms with Crippen LogP contribution in [-0.4, -0.2) is 12.5 Å². The Morgan fingerprint density at radius 1 is 0.944 bits per heavy atom.